The zero-order valence-corrected chi connectivity index (χ0v) is 9.74. The van der Waals surface area contributed by atoms with E-state index in [2.05, 4.69) is 17.1 Å². The second-order valence-electron chi connectivity index (χ2n) is 3.26. The normalized spacial score (nSPS) is 14.1. The Morgan fingerprint density at radius 1 is 1.80 bits per heavy atom. The van der Waals surface area contributed by atoms with Gasteiger partial charge in [0.25, 0.3) is 0 Å². The number of amidine groups is 1. The van der Waals surface area contributed by atoms with Gasteiger partial charge >= 0.3 is 0 Å². The van der Waals surface area contributed by atoms with Crippen LogP contribution in [-0.4, -0.2) is 25.8 Å². The molecule has 0 fully saturated rings. The first-order valence-electron chi connectivity index (χ1n) is 4.77. The average Bonchev–Trinajstić information content (AvgIpc) is 2.63. The van der Waals surface area contributed by atoms with Crippen LogP contribution in [0.5, 0.6) is 0 Å². The minimum absolute atomic E-state index is 0.267. The fourth-order valence-corrected chi connectivity index (χ4v) is 2.23. The van der Waals surface area contributed by atoms with Gasteiger partial charge in [0.1, 0.15) is 5.84 Å². The topological polar surface area (TPSA) is 76.4 Å². The van der Waals surface area contributed by atoms with Crippen LogP contribution in [0, 0.1) is 0 Å². The summed E-state index contributed by atoms with van der Waals surface area (Å²) < 4.78 is 1.96. The number of nitrogens with two attached hydrogens (primary N) is 1. The molecule has 0 bridgehead atoms. The predicted molar refractivity (Wildman–Crippen MR) is 61.2 cm³/mol. The van der Waals surface area contributed by atoms with Gasteiger partial charge in [-0.15, -0.1) is 0 Å². The van der Waals surface area contributed by atoms with Crippen molar-refractivity contribution in [3.05, 3.63) is 12.4 Å². The zero-order valence-electron chi connectivity index (χ0n) is 8.92. The molecule has 1 aromatic rings. The first kappa shape index (κ1) is 11.9. The van der Waals surface area contributed by atoms with E-state index in [9.17, 15) is 0 Å². The summed E-state index contributed by atoms with van der Waals surface area (Å²) in [7, 11) is 1.95. The average molecular weight is 228 g/mol. The lowest BCUT2D eigenvalue weighted by Gasteiger charge is -2.12. The third-order valence-corrected chi connectivity index (χ3v) is 3.51. The van der Waals surface area contributed by atoms with Gasteiger partial charge < -0.3 is 15.5 Å². The highest BCUT2D eigenvalue weighted by molar-refractivity contribution is 7.99. The molecule has 0 saturated carbocycles. The van der Waals surface area contributed by atoms with Gasteiger partial charge in [0.15, 0.2) is 5.16 Å². The largest absolute Gasteiger partial charge is 0.409 e. The smallest absolute Gasteiger partial charge is 0.167 e. The van der Waals surface area contributed by atoms with Gasteiger partial charge in [0.2, 0.25) is 0 Å². The van der Waals surface area contributed by atoms with Crippen molar-refractivity contribution in [1.82, 2.24) is 9.55 Å². The molecule has 0 aliphatic heterocycles. The Labute approximate surface area is 93.4 Å². The van der Waals surface area contributed by atoms with E-state index in [0.717, 1.165) is 11.6 Å². The number of oxime groups is 1. The molecule has 15 heavy (non-hydrogen) atoms. The summed E-state index contributed by atoms with van der Waals surface area (Å²) in [6.45, 7) is 2.07. The molecule has 0 aliphatic carbocycles. The SMILES string of the molecule is CCC(C/C(N)=N/O)Sc1nccn1C. The number of aromatic nitrogens is 2. The number of aryl methyl sites for hydroxylation is 1. The molecule has 1 rings (SSSR count). The van der Waals surface area contributed by atoms with E-state index >= 15 is 0 Å². The van der Waals surface area contributed by atoms with Crippen LogP contribution < -0.4 is 5.73 Å². The summed E-state index contributed by atoms with van der Waals surface area (Å²) in [6.07, 6.45) is 5.19. The van der Waals surface area contributed by atoms with Crippen molar-refractivity contribution < 1.29 is 5.21 Å². The minimum Gasteiger partial charge on any atom is -0.409 e. The maximum Gasteiger partial charge on any atom is 0.167 e. The molecule has 0 radical (unpaired) electrons. The predicted octanol–water partition coefficient (Wildman–Crippen LogP) is 1.43. The first-order valence-corrected chi connectivity index (χ1v) is 5.65. The van der Waals surface area contributed by atoms with Crippen LogP contribution in [0.4, 0.5) is 0 Å². The third-order valence-electron chi connectivity index (χ3n) is 2.07. The molecule has 1 unspecified atom stereocenters. The lowest BCUT2D eigenvalue weighted by Crippen LogP contribution is -2.18. The molecule has 0 amide bonds. The molecule has 0 aromatic carbocycles. The molecule has 0 aliphatic rings. The van der Waals surface area contributed by atoms with Gasteiger partial charge in [0, 0.05) is 31.1 Å². The number of thioether (sulfide) groups is 1. The highest BCUT2D eigenvalue weighted by atomic mass is 32.2. The molecule has 0 spiro atoms. The maximum atomic E-state index is 8.49. The summed E-state index contributed by atoms with van der Waals surface area (Å²) in [6, 6.07) is 0. The Hall–Kier alpha value is -1.17. The van der Waals surface area contributed by atoms with Crippen LogP contribution in [0.3, 0.4) is 0 Å². The van der Waals surface area contributed by atoms with Gasteiger partial charge in [-0.05, 0) is 6.42 Å². The molecular weight excluding hydrogens is 212 g/mol. The van der Waals surface area contributed by atoms with E-state index in [1.807, 2.05) is 17.8 Å². The van der Waals surface area contributed by atoms with Crippen LogP contribution in [0.1, 0.15) is 19.8 Å². The number of nitrogens with zero attached hydrogens (tertiary/aromatic N) is 3. The Bertz CT molecular complexity index is 337. The zero-order chi connectivity index (χ0) is 11.3. The molecule has 0 saturated heterocycles. The summed E-state index contributed by atoms with van der Waals surface area (Å²) in [5, 5.41) is 12.7. The fraction of sp³-hybridized carbons (Fsp3) is 0.556. The van der Waals surface area contributed by atoms with Crippen LogP contribution in [0.2, 0.25) is 0 Å². The van der Waals surface area contributed by atoms with Gasteiger partial charge in [-0.1, -0.05) is 23.8 Å². The van der Waals surface area contributed by atoms with E-state index in [1.54, 1.807) is 18.0 Å². The standard InChI is InChI=1S/C9H16N4OS/c1-3-7(6-8(10)12-14)15-9-11-4-5-13(9)2/h4-5,7,14H,3,6H2,1-2H3,(H2,10,12). The maximum absolute atomic E-state index is 8.49. The Morgan fingerprint density at radius 3 is 3.00 bits per heavy atom. The van der Waals surface area contributed by atoms with Crippen molar-refractivity contribution in [3.63, 3.8) is 0 Å². The molecular formula is C9H16N4OS. The summed E-state index contributed by atoms with van der Waals surface area (Å²) in [4.78, 5) is 4.22. The quantitative estimate of drug-likeness (QED) is 0.263. The van der Waals surface area contributed by atoms with E-state index in [1.165, 1.54) is 0 Å². The second kappa shape index (κ2) is 5.65. The first-order chi connectivity index (χ1) is 7.17. The van der Waals surface area contributed by atoms with Crippen molar-refractivity contribution in [2.75, 3.05) is 0 Å². The number of rotatable bonds is 5. The van der Waals surface area contributed by atoms with Crippen molar-refractivity contribution in [1.29, 1.82) is 0 Å². The fourth-order valence-electron chi connectivity index (χ4n) is 1.16. The minimum atomic E-state index is 0.267. The van der Waals surface area contributed by atoms with Gasteiger partial charge in [0.05, 0.1) is 0 Å². The number of hydrogen-bond acceptors (Lipinski definition) is 4. The molecule has 1 heterocycles. The molecule has 6 heteroatoms. The second-order valence-corrected chi connectivity index (χ2v) is 4.53. The Morgan fingerprint density at radius 2 is 2.53 bits per heavy atom. The monoisotopic (exact) mass is 228 g/mol. The summed E-state index contributed by atoms with van der Waals surface area (Å²) in [5.74, 6) is 0.267. The van der Waals surface area contributed by atoms with Crippen molar-refractivity contribution in [2.24, 2.45) is 17.9 Å². The van der Waals surface area contributed by atoms with E-state index in [0.29, 0.717) is 11.7 Å². The van der Waals surface area contributed by atoms with Gasteiger partial charge in [-0.3, -0.25) is 0 Å². The Kier molecular flexibility index (Phi) is 4.48. The van der Waals surface area contributed by atoms with Crippen LogP contribution in [-0.2, 0) is 7.05 Å². The van der Waals surface area contributed by atoms with Crippen molar-refractivity contribution in [2.45, 2.75) is 30.2 Å². The molecule has 5 nitrogen and oxygen atoms in total. The van der Waals surface area contributed by atoms with E-state index < -0.39 is 0 Å². The Balaban J connectivity index is 2.58. The highest BCUT2D eigenvalue weighted by Gasteiger charge is 2.13. The number of hydrogen-bond donors (Lipinski definition) is 2. The molecule has 1 atom stereocenters. The summed E-state index contributed by atoms with van der Waals surface area (Å²) in [5.41, 5.74) is 5.48. The molecule has 84 valence electrons. The highest BCUT2D eigenvalue weighted by Crippen LogP contribution is 2.25. The van der Waals surface area contributed by atoms with Crippen molar-refractivity contribution >= 4 is 17.6 Å². The third kappa shape index (κ3) is 3.47. The van der Waals surface area contributed by atoms with Gasteiger partial charge in [-0.25, -0.2) is 4.98 Å². The van der Waals surface area contributed by atoms with Crippen molar-refractivity contribution in [3.8, 4) is 0 Å². The van der Waals surface area contributed by atoms with Crippen LogP contribution in [0.25, 0.3) is 0 Å². The summed E-state index contributed by atoms with van der Waals surface area (Å²) >= 11 is 1.65. The van der Waals surface area contributed by atoms with Crippen LogP contribution in [0.15, 0.2) is 22.7 Å². The van der Waals surface area contributed by atoms with E-state index in [4.69, 9.17) is 10.9 Å². The lowest BCUT2D eigenvalue weighted by molar-refractivity contribution is 0.316. The molecule has 1 aromatic heterocycles. The lowest BCUT2D eigenvalue weighted by atomic mass is 10.2. The van der Waals surface area contributed by atoms with E-state index in [-0.39, 0.29) is 5.84 Å². The number of imidazole rings is 1. The molecule has 3 N–H and O–H groups in total. The van der Waals surface area contributed by atoms with Crippen LogP contribution >= 0.6 is 11.8 Å². The van der Waals surface area contributed by atoms with Gasteiger partial charge in [-0.2, -0.15) is 0 Å².